The summed E-state index contributed by atoms with van der Waals surface area (Å²) in [5.41, 5.74) is 1.87. The molecule has 0 aliphatic carbocycles. The Morgan fingerprint density at radius 1 is 0.727 bits per heavy atom. The van der Waals surface area contributed by atoms with Crippen LogP contribution in [0.1, 0.15) is 17.5 Å². The summed E-state index contributed by atoms with van der Waals surface area (Å²) in [5, 5.41) is 0. The predicted molar refractivity (Wildman–Crippen MR) is 142 cm³/mol. The molecule has 0 atom stereocenters. The summed E-state index contributed by atoms with van der Waals surface area (Å²) in [6.45, 7) is 5.88. The summed E-state index contributed by atoms with van der Waals surface area (Å²) in [4.78, 5) is 29.0. The van der Waals surface area contributed by atoms with Gasteiger partial charge >= 0.3 is 0 Å². The molecule has 2 aromatic rings. The van der Waals surface area contributed by atoms with Crippen molar-refractivity contribution in [3.05, 3.63) is 53.3 Å². The molecule has 178 valence electrons. The van der Waals surface area contributed by atoms with Crippen LogP contribution in [-0.4, -0.2) is 61.0 Å². The highest BCUT2D eigenvalue weighted by atomic mass is 79.9. The van der Waals surface area contributed by atoms with Crippen molar-refractivity contribution in [2.75, 3.05) is 39.4 Å². The minimum atomic E-state index is -0.0933. The topological polar surface area (TPSA) is 59.1 Å². The number of carbonyl (C=O) groups is 2. The van der Waals surface area contributed by atoms with Crippen LogP contribution in [0.15, 0.2) is 42.2 Å². The molecule has 10 heteroatoms. The Labute approximate surface area is 227 Å². The second-order valence-electron chi connectivity index (χ2n) is 7.76. The molecule has 0 saturated carbocycles. The van der Waals surface area contributed by atoms with Crippen molar-refractivity contribution >= 4 is 75.5 Å². The van der Waals surface area contributed by atoms with Crippen molar-refractivity contribution < 1.29 is 19.1 Å². The SMILES string of the molecule is Cc1cc(Br)cc(Br)c1OCC(=O)N1CCCN(C(=O)COc2c(C)cc(Br)cc2Br)CC1. The third kappa shape index (κ3) is 7.19. The zero-order chi connectivity index (χ0) is 24.1. The van der Waals surface area contributed by atoms with E-state index in [-0.39, 0.29) is 25.0 Å². The first-order chi connectivity index (χ1) is 15.7. The van der Waals surface area contributed by atoms with Crippen LogP contribution in [-0.2, 0) is 9.59 Å². The number of aryl methyl sites for hydroxylation is 2. The molecule has 0 unspecified atom stereocenters. The van der Waals surface area contributed by atoms with E-state index in [9.17, 15) is 9.59 Å². The lowest BCUT2D eigenvalue weighted by Gasteiger charge is -2.23. The fourth-order valence-corrected chi connectivity index (χ4v) is 6.72. The Morgan fingerprint density at radius 2 is 1.12 bits per heavy atom. The highest BCUT2D eigenvalue weighted by Crippen LogP contribution is 2.33. The lowest BCUT2D eigenvalue weighted by atomic mass is 10.2. The normalized spacial score (nSPS) is 14.1. The second kappa shape index (κ2) is 12.0. The van der Waals surface area contributed by atoms with Crippen molar-refractivity contribution in [1.82, 2.24) is 9.80 Å². The number of carbonyl (C=O) groups excluding carboxylic acids is 2. The van der Waals surface area contributed by atoms with E-state index in [1.807, 2.05) is 38.1 Å². The van der Waals surface area contributed by atoms with Crippen LogP contribution in [0.5, 0.6) is 11.5 Å². The van der Waals surface area contributed by atoms with Crippen LogP contribution in [0.3, 0.4) is 0 Å². The minimum absolute atomic E-state index is 0.0466. The van der Waals surface area contributed by atoms with Crippen LogP contribution < -0.4 is 9.47 Å². The second-order valence-corrected chi connectivity index (χ2v) is 11.3. The number of ether oxygens (including phenoxy) is 2. The van der Waals surface area contributed by atoms with Crippen LogP contribution in [0.2, 0.25) is 0 Å². The van der Waals surface area contributed by atoms with E-state index in [0.717, 1.165) is 29.0 Å². The molecule has 0 radical (unpaired) electrons. The summed E-state index contributed by atoms with van der Waals surface area (Å²) < 4.78 is 15.1. The highest BCUT2D eigenvalue weighted by Gasteiger charge is 2.23. The van der Waals surface area contributed by atoms with Crippen LogP contribution in [0.25, 0.3) is 0 Å². The molecule has 1 aliphatic rings. The average Bonchev–Trinajstić information content (AvgIpc) is 2.98. The Bertz CT molecular complexity index is 920. The van der Waals surface area contributed by atoms with Gasteiger partial charge in [-0.2, -0.15) is 0 Å². The van der Waals surface area contributed by atoms with Gasteiger partial charge in [-0.15, -0.1) is 0 Å². The summed E-state index contributed by atoms with van der Waals surface area (Å²) >= 11 is 13.9. The molecule has 0 N–H and O–H groups in total. The largest absolute Gasteiger partial charge is 0.482 e. The van der Waals surface area contributed by atoms with Crippen molar-refractivity contribution in [3.8, 4) is 11.5 Å². The van der Waals surface area contributed by atoms with E-state index in [1.165, 1.54) is 0 Å². The zero-order valence-corrected chi connectivity index (χ0v) is 24.6. The molecular weight excluding hydrogens is 688 g/mol. The third-order valence-corrected chi connectivity index (χ3v) is 7.36. The molecule has 1 saturated heterocycles. The maximum atomic E-state index is 12.7. The number of rotatable bonds is 6. The standard InChI is InChI=1S/C23H24Br4N2O4/c1-14-8-16(24)10-18(26)22(14)32-12-20(30)28-4-3-5-29(7-6-28)21(31)13-33-23-15(2)9-17(25)11-19(23)27/h8-11H,3-7,12-13H2,1-2H3. The first-order valence-electron chi connectivity index (χ1n) is 10.4. The van der Waals surface area contributed by atoms with E-state index in [2.05, 4.69) is 63.7 Å². The third-order valence-electron chi connectivity index (χ3n) is 5.27. The van der Waals surface area contributed by atoms with E-state index in [1.54, 1.807) is 9.80 Å². The molecule has 1 heterocycles. The maximum Gasteiger partial charge on any atom is 0.260 e. The van der Waals surface area contributed by atoms with Gasteiger partial charge in [0.2, 0.25) is 0 Å². The fraction of sp³-hybridized carbons (Fsp3) is 0.391. The van der Waals surface area contributed by atoms with Crippen molar-refractivity contribution in [3.63, 3.8) is 0 Å². The van der Waals surface area contributed by atoms with E-state index >= 15 is 0 Å². The molecule has 2 amide bonds. The molecule has 3 rings (SSSR count). The fourth-order valence-electron chi connectivity index (χ4n) is 3.61. The molecule has 33 heavy (non-hydrogen) atoms. The number of hydrogen-bond donors (Lipinski definition) is 0. The summed E-state index contributed by atoms with van der Waals surface area (Å²) in [6, 6.07) is 7.66. The van der Waals surface area contributed by atoms with Gasteiger partial charge in [0, 0.05) is 35.1 Å². The number of amides is 2. The van der Waals surface area contributed by atoms with E-state index < -0.39 is 0 Å². The zero-order valence-electron chi connectivity index (χ0n) is 18.3. The smallest absolute Gasteiger partial charge is 0.260 e. The highest BCUT2D eigenvalue weighted by molar-refractivity contribution is 9.11. The van der Waals surface area contributed by atoms with Crippen molar-refractivity contribution in [1.29, 1.82) is 0 Å². The summed E-state index contributed by atoms with van der Waals surface area (Å²) in [6.07, 6.45) is 0.708. The first kappa shape index (κ1) is 26.5. The predicted octanol–water partition coefficient (Wildman–Crippen LogP) is 5.87. The maximum absolute atomic E-state index is 12.7. The Morgan fingerprint density at radius 3 is 1.48 bits per heavy atom. The monoisotopic (exact) mass is 708 g/mol. The van der Waals surface area contributed by atoms with Crippen molar-refractivity contribution in [2.45, 2.75) is 20.3 Å². The lowest BCUT2D eigenvalue weighted by molar-refractivity contribution is -0.135. The quantitative estimate of drug-likeness (QED) is 0.376. The number of benzene rings is 2. The van der Waals surface area contributed by atoms with Gasteiger partial charge in [-0.3, -0.25) is 9.59 Å². The van der Waals surface area contributed by atoms with Gasteiger partial charge in [0.05, 0.1) is 8.95 Å². The number of hydrogen-bond acceptors (Lipinski definition) is 4. The molecule has 2 aromatic carbocycles. The van der Waals surface area contributed by atoms with Crippen LogP contribution in [0, 0.1) is 13.8 Å². The summed E-state index contributed by atoms with van der Waals surface area (Å²) in [7, 11) is 0. The van der Waals surface area contributed by atoms with Crippen LogP contribution in [0.4, 0.5) is 0 Å². The van der Waals surface area contributed by atoms with E-state index in [0.29, 0.717) is 44.1 Å². The molecule has 1 aliphatic heterocycles. The first-order valence-corrected chi connectivity index (χ1v) is 13.6. The van der Waals surface area contributed by atoms with Gasteiger partial charge < -0.3 is 19.3 Å². The molecule has 6 nitrogen and oxygen atoms in total. The van der Waals surface area contributed by atoms with Gasteiger partial charge in [-0.1, -0.05) is 31.9 Å². The molecule has 0 aromatic heterocycles. The van der Waals surface area contributed by atoms with Gasteiger partial charge in [0.25, 0.3) is 11.8 Å². The molecular formula is C23H24Br4N2O4. The minimum Gasteiger partial charge on any atom is -0.482 e. The summed E-state index contributed by atoms with van der Waals surface area (Å²) in [5.74, 6) is 1.13. The van der Waals surface area contributed by atoms with E-state index in [4.69, 9.17) is 9.47 Å². The Hall–Kier alpha value is -1.10. The van der Waals surface area contributed by atoms with Gasteiger partial charge in [0.1, 0.15) is 11.5 Å². The van der Waals surface area contributed by atoms with Crippen molar-refractivity contribution in [2.24, 2.45) is 0 Å². The van der Waals surface area contributed by atoms with Gasteiger partial charge in [0.15, 0.2) is 13.2 Å². The molecule has 1 fully saturated rings. The molecule has 0 bridgehead atoms. The van der Waals surface area contributed by atoms with Gasteiger partial charge in [-0.05, 0) is 87.5 Å². The number of halogens is 4. The Balaban J connectivity index is 1.51. The average molecular weight is 712 g/mol. The molecule has 0 spiro atoms. The lowest BCUT2D eigenvalue weighted by Crippen LogP contribution is -2.40. The van der Waals surface area contributed by atoms with Crippen LogP contribution >= 0.6 is 63.7 Å². The van der Waals surface area contributed by atoms with Gasteiger partial charge in [-0.25, -0.2) is 0 Å². The Kier molecular flexibility index (Phi) is 9.67. The number of nitrogens with zero attached hydrogens (tertiary/aromatic N) is 2.